The molecular formula is C22H21NO5S2. The third-order valence-corrected chi connectivity index (χ3v) is 5.91. The van der Waals surface area contributed by atoms with E-state index in [1.165, 1.54) is 11.8 Å². The molecule has 30 heavy (non-hydrogen) atoms. The Morgan fingerprint density at radius 3 is 2.47 bits per heavy atom. The van der Waals surface area contributed by atoms with Gasteiger partial charge < -0.3 is 14.9 Å². The van der Waals surface area contributed by atoms with E-state index in [2.05, 4.69) is 0 Å². The number of aliphatic carboxylic acids is 1. The van der Waals surface area contributed by atoms with E-state index in [-0.39, 0.29) is 11.7 Å². The van der Waals surface area contributed by atoms with Crippen LogP contribution in [0.1, 0.15) is 24.5 Å². The Labute approximate surface area is 184 Å². The number of carbonyl (C=O) groups excluding carboxylic acids is 1. The van der Waals surface area contributed by atoms with Gasteiger partial charge in [-0.05, 0) is 54.3 Å². The molecule has 2 aromatic rings. The van der Waals surface area contributed by atoms with Crippen molar-refractivity contribution in [2.24, 2.45) is 0 Å². The number of ether oxygens (including phenoxy) is 1. The highest BCUT2D eigenvalue weighted by molar-refractivity contribution is 8.26. The molecule has 0 bridgehead atoms. The first-order chi connectivity index (χ1) is 14.4. The molecule has 2 aromatic carbocycles. The topological polar surface area (TPSA) is 87.1 Å². The zero-order chi connectivity index (χ0) is 21.7. The van der Waals surface area contributed by atoms with Crippen molar-refractivity contribution in [1.29, 1.82) is 0 Å². The number of thioether (sulfide) groups is 1. The molecule has 1 unspecified atom stereocenters. The molecular weight excluding hydrogens is 422 g/mol. The highest BCUT2D eigenvalue weighted by atomic mass is 32.2. The summed E-state index contributed by atoms with van der Waals surface area (Å²) in [4.78, 5) is 25.9. The van der Waals surface area contributed by atoms with Crippen molar-refractivity contribution in [2.75, 3.05) is 6.54 Å². The van der Waals surface area contributed by atoms with Crippen molar-refractivity contribution in [1.82, 2.24) is 4.90 Å². The van der Waals surface area contributed by atoms with E-state index in [1.54, 1.807) is 54.3 Å². The zero-order valence-electron chi connectivity index (χ0n) is 16.3. The van der Waals surface area contributed by atoms with E-state index >= 15 is 0 Å². The molecule has 6 nitrogen and oxygen atoms in total. The van der Waals surface area contributed by atoms with Crippen LogP contribution in [0.3, 0.4) is 0 Å². The summed E-state index contributed by atoms with van der Waals surface area (Å²) in [5.41, 5.74) is 1.80. The minimum atomic E-state index is -1.00. The number of amides is 1. The van der Waals surface area contributed by atoms with Crippen LogP contribution < -0.4 is 4.74 Å². The van der Waals surface area contributed by atoms with Crippen molar-refractivity contribution in [3.05, 3.63) is 64.6 Å². The summed E-state index contributed by atoms with van der Waals surface area (Å²) >= 11 is 6.62. The van der Waals surface area contributed by atoms with Gasteiger partial charge in [-0.2, -0.15) is 0 Å². The summed E-state index contributed by atoms with van der Waals surface area (Å²) in [7, 11) is 0. The van der Waals surface area contributed by atoms with Crippen LogP contribution in [0.15, 0.2) is 53.4 Å². The molecule has 3 rings (SSSR count). The highest BCUT2D eigenvalue weighted by Crippen LogP contribution is 2.33. The Hall–Kier alpha value is -2.84. The van der Waals surface area contributed by atoms with Crippen molar-refractivity contribution in [3.63, 3.8) is 0 Å². The fourth-order valence-electron chi connectivity index (χ4n) is 2.86. The second-order valence-electron chi connectivity index (χ2n) is 6.67. The molecule has 1 amide bonds. The first-order valence-electron chi connectivity index (χ1n) is 9.40. The molecule has 0 saturated carbocycles. The molecule has 1 heterocycles. The fraction of sp³-hybridized carbons (Fsp3) is 0.227. The zero-order valence-corrected chi connectivity index (χ0v) is 17.9. The Kier molecular flexibility index (Phi) is 7.12. The lowest BCUT2D eigenvalue weighted by atomic mass is 10.1. The predicted molar refractivity (Wildman–Crippen MR) is 120 cm³/mol. The lowest BCUT2D eigenvalue weighted by Gasteiger charge is -2.14. The summed E-state index contributed by atoms with van der Waals surface area (Å²) in [6.45, 7) is 2.21. The Morgan fingerprint density at radius 1 is 1.20 bits per heavy atom. The summed E-state index contributed by atoms with van der Waals surface area (Å²) in [6.07, 6.45) is 1.87. The largest absolute Gasteiger partial charge is 0.508 e. The van der Waals surface area contributed by atoms with Crippen LogP contribution in [-0.4, -0.2) is 44.0 Å². The maximum absolute atomic E-state index is 12.7. The number of thiocarbonyl (C=S) groups is 1. The quantitative estimate of drug-likeness (QED) is 0.470. The summed E-state index contributed by atoms with van der Waals surface area (Å²) < 4.78 is 5.96. The van der Waals surface area contributed by atoms with E-state index in [1.807, 2.05) is 12.1 Å². The molecule has 1 aliphatic heterocycles. The number of nitrogens with zero attached hydrogens (tertiary/aromatic N) is 1. The van der Waals surface area contributed by atoms with Crippen LogP contribution in [0.2, 0.25) is 0 Å². The van der Waals surface area contributed by atoms with Gasteiger partial charge in [-0.1, -0.05) is 55.2 Å². The number of hydrogen-bond acceptors (Lipinski definition) is 6. The maximum Gasteiger partial charge on any atom is 0.344 e. The minimum Gasteiger partial charge on any atom is -0.508 e. The normalized spacial score (nSPS) is 16.2. The van der Waals surface area contributed by atoms with Crippen molar-refractivity contribution in [2.45, 2.75) is 25.9 Å². The second-order valence-corrected chi connectivity index (χ2v) is 8.35. The fourth-order valence-corrected chi connectivity index (χ4v) is 4.17. The van der Waals surface area contributed by atoms with Crippen molar-refractivity contribution in [3.8, 4) is 11.5 Å². The summed E-state index contributed by atoms with van der Waals surface area (Å²) in [5, 5.41) is 18.4. The van der Waals surface area contributed by atoms with Crippen LogP contribution in [-0.2, 0) is 16.0 Å². The van der Waals surface area contributed by atoms with Crippen LogP contribution in [0, 0.1) is 0 Å². The molecule has 1 saturated heterocycles. The monoisotopic (exact) mass is 443 g/mol. The average Bonchev–Trinajstić information content (AvgIpc) is 2.99. The molecule has 8 heteroatoms. The number of rotatable bonds is 8. The number of aromatic hydroxyl groups is 1. The Morgan fingerprint density at radius 2 is 1.87 bits per heavy atom. The van der Waals surface area contributed by atoms with Gasteiger partial charge in [-0.15, -0.1) is 0 Å². The molecule has 2 N–H and O–H groups in total. The van der Waals surface area contributed by atoms with Crippen LogP contribution in [0.25, 0.3) is 6.08 Å². The first-order valence-corrected chi connectivity index (χ1v) is 10.6. The summed E-state index contributed by atoms with van der Waals surface area (Å²) in [5.74, 6) is -0.474. The van der Waals surface area contributed by atoms with Gasteiger partial charge >= 0.3 is 5.97 Å². The second kappa shape index (κ2) is 9.77. The van der Waals surface area contributed by atoms with E-state index in [4.69, 9.17) is 22.1 Å². The molecule has 0 aromatic heterocycles. The van der Waals surface area contributed by atoms with Gasteiger partial charge in [0.05, 0.1) is 4.91 Å². The molecule has 1 atom stereocenters. The van der Waals surface area contributed by atoms with Gasteiger partial charge in [0, 0.05) is 6.54 Å². The Bertz CT molecular complexity index is 970. The van der Waals surface area contributed by atoms with Crippen LogP contribution in [0.4, 0.5) is 0 Å². The molecule has 1 aliphatic rings. The molecule has 1 fully saturated rings. The molecule has 0 radical (unpaired) electrons. The average molecular weight is 444 g/mol. The maximum atomic E-state index is 12.7. The molecule has 156 valence electrons. The van der Waals surface area contributed by atoms with Gasteiger partial charge in [0.15, 0.2) is 6.10 Å². The van der Waals surface area contributed by atoms with Crippen LogP contribution >= 0.6 is 24.0 Å². The Balaban J connectivity index is 1.64. The van der Waals surface area contributed by atoms with Crippen LogP contribution in [0.5, 0.6) is 11.5 Å². The first kappa shape index (κ1) is 21.9. The van der Waals surface area contributed by atoms with Gasteiger partial charge in [0.25, 0.3) is 5.91 Å². The smallest absolute Gasteiger partial charge is 0.344 e. The van der Waals surface area contributed by atoms with Gasteiger partial charge in [0.2, 0.25) is 0 Å². The van der Waals surface area contributed by atoms with Gasteiger partial charge in [-0.25, -0.2) is 4.79 Å². The number of benzene rings is 2. The third kappa shape index (κ3) is 5.40. The lowest BCUT2D eigenvalue weighted by Crippen LogP contribution is -2.30. The van der Waals surface area contributed by atoms with E-state index < -0.39 is 12.1 Å². The van der Waals surface area contributed by atoms with Gasteiger partial charge in [-0.3, -0.25) is 9.69 Å². The summed E-state index contributed by atoms with van der Waals surface area (Å²) in [6, 6.07) is 13.8. The van der Waals surface area contributed by atoms with Crippen molar-refractivity contribution >= 4 is 46.3 Å². The van der Waals surface area contributed by atoms with E-state index in [9.17, 15) is 14.7 Å². The van der Waals surface area contributed by atoms with E-state index in [0.717, 1.165) is 11.1 Å². The SMILES string of the molecule is CCC(Oc1ccc(/C=C2/SC(=S)N(CCc3ccc(O)cc3)C2=O)cc1)C(=O)O. The lowest BCUT2D eigenvalue weighted by molar-refractivity contribution is -0.145. The number of phenols is 1. The minimum absolute atomic E-state index is 0.138. The van der Waals surface area contributed by atoms with Gasteiger partial charge in [0.1, 0.15) is 15.8 Å². The standard InChI is InChI=1S/C22H21NO5S2/c1-2-18(21(26)27)28-17-9-5-15(6-10-17)13-19-20(25)23(22(29)30-19)12-11-14-3-7-16(24)8-4-14/h3-10,13,18,24H,2,11-12H2,1H3,(H,26,27)/b19-13+. The number of carboxylic acid groups (broad SMARTS) is 1. The number of carbonyl (C=O) groups is 2. The predicted octanol–water partition coefficient (Wildman–Crippen LogP) is 4.08. The molecule has 0 aliphatic carbocycles. The third-order valence-electron chi connectivity index (χ3n) is 4.54. The number of carboxylic acids is 1. The van der Waals surface area contributed by atoms with E-state index in [0.29, 0.717) is 34.4 Å². The highest BCUT2D eigenvalue weighted by Gasteiger charge is 2.31. The van der Waals surface area contributed by atoms with Crippen molar-refractivity contribution < 1.29 is 24.5 Å². The number of hydrogen-bond donors (Lipinski definition) is 2. The number of phenolic OH excluding ortho intramolecular Hbond substituents is 1. The molecule has 0 spiro atoms.